The molecule has 4 rings (SSSR count). The second-order valence-electron chi connectivity index (χ2n) is 6.32. The zero-order valence-electron chi connectivity index (χ0n) is 15.6. The van der Waals surface area contributed by atoms with Crippen molar-refractivity contribution in [3.63, 3.8) is 0 Å². The molecule has 0 unspecified atom stereocenters. The zero-order valence-corrected chi connectivity index (χ0v) is 16.4. The van der Waals surface area contributed by atoms with Gasteiger partial charge in [0.2, 0.25) is 5.91 Å². The van der Waals surface area contributed by atoms with E-state index in [2.05, 4.69) is 15.8 Å². The highest BCUT2D eigenvalue weighted by atomic mass is 32.2. The SMILES string of the molecule is Cc1ccc(-n2c(SCC(=O)NNC(=O)c3ccco3)nc3ccccc32)cc1. The van der Waals surface area contributed by atoms with Crippen LogP contribution in [0.3, 0.4) is 0 Å². The summed E-state index contributed by atoms with van der Waals surface area (Å²) in [6.45, 7) is 2.03. The van der Waals surface area contributed by atoms with Crippen LogP contribution in [-0.4, -0.2) is 27.1 Å². The summed E-state index contributed by atoms with van der Waals surface area (Å²) >= 11 is 1.29. The second kappa shape index (κ2) is 8.24. The van der Waals surface area contributed by atoms with Gasteiger partial charge in [-0.3, -0.25) is 25.0 Å². The predicted octanol–water partition coefficient (Wildman–Crippen LogP) is 3.48. The Morgan fingerprint density at radius 3 is 2.59 bits per heavy atom. The first kappa shape index (κ1) is 18.8. The lowest BCUT2D eigenvalue weighted by molar-refractivity contribution is -0.119. The monoisotopic (exact) mass is 406 g/mol. The van der Waals surface area contributed by atoms with Crippen LogP contribution in [-0.2, 0) is 4.79 Å². The molecule has 0 fully saturated rings. The Bertz CT molecular complexity index is 1150. The number of aromatic nitrogens is 2. The molecular weight excluding hydrogens is 388 g/mol. The van der Waals surface area contributed by atoms with Crippen molar-refractivity contribution < 1.29 is 14.0 Å². The Morgan fingerprint density at radius 2 is 1.83 bits per heavy atom. The van der Waals surface area contributed by atoms with Gasteiger partial charge in [-0.1, -0.05) is 41.6 Å². The molecule has 0 aliphatic rings. The average Bonchev–Trinajstić information content (AvgIpc) is 3.39. The van der Waals surface area contributed by atoms with Crippen molar-refractivity contribution in [2.75, 3.05) is 5.75 Å². The van der Waals surface area contributed by atoms with Crippen molar-refractivity contribution in [3.05, 3.63) is 78.3 Å². The number of rotatable bonds is 5. The number of para-hydroxylation sites is 2. The fourth-order valence-corrected chi connectivity index (χ4v) is 3.63. The van der Waals surface area contributed by atoms with Crippen LogP contribution < -0.4 is 10.9 Å². The molecule has 0 spiro atoms. The first-order valence-electron chi connectivity index (χ1n) is 8.92. The van der Waals surface area contributed by atoms with Gasteiger partial charge in [0.05, 0.1) is 23.0 Å². The topological polar surface area (TPSA) is 89.2 Å². The molecule has 7 nitrogen and oxygen atoms in total. The van der Waals surface area contributed by atoms with E-state index in [0.717, 1.165) is 16.7 Å². The Kier molecular flexibility index (Phi) is 5.35. The quantitative estimate of drug-likeness (QED) is 0.391. The van der Waals surface area contributed by atoms with E-state index in [4.69, 9.17) is 4.42 Å². The van der Waals surface area contributed by atoms with Gasteiger partial charge < -0.3 is 4.42 Å². The summed E-state index contributed by atoms with van der Waals surface area (Å²) in [5, 5.41) is 0.697. The molecule has 0 aliphatic carbocycles. The molecule has 4 aromatic rings. The fourth-order valence-electron chi connectivity index (χ4n) is 2.81. The minimum atomic E-state index is -0.514. The summed E-state index contributed by atoms with van der Waals surface area (Å²) in [6.07, 6.45) is 1.39. The molecule has 2 N–H and O–H groups in total. The second-order valence-corrected chi connectivity index (χ2v) is 7.26. The normalized spacial score (nSPS) is 10.8. The lowest BCUT2D eigenvalue weighted by Gasteiger charge is -2.10. The number of fused-ring (bicyclic) bond motifs is 1. The van der Waals surface area contributed by atoms with Crippen LogP contribution in [0.2, 0.25) is 0 Å². The van der Waals surface area contributed by atoms with E-state index in [9.17, 15) is 9.59 Å². The Labute approximate surface area is 171 Å². The van der Waals surface area contributed by atoms with E-state index < -0.39 is 5.91 Å². The van der Waals surface area contributed by atoms with Gasteiger partial charge in [-0.05, 0) is 43.3 Å². The van der Waals surface area contributed by atoms with Crippen LogP contribution in [0.1, 0.15) is 16.1 Å². The summed E-state index contributed by atoms with van der Waals surface area (Å²) in [7, 11) is 0. The number of thioether (sulfide) groups is 1. The molecule has 8 heteroatoms. The molecule has 2 aromatic heterocycles. The minimum Gasteiger partial charge on any atom is -0.459 e. The summed E-state index contributed by atoms with van der Waals surface area (Å²) in [6, 6.07) is 19.1. The number of nitrogens with zero attached hydrogens (tertiary/aromatic N) is 2. The number of benzene rings is 2. The van der Waals surface area contributed by atoms with E-state index in [0.29, 0.717) is 5.16 Å². The molecule has 0 aliphatic heterocycles. The highest BCUT2D eigenvalue weighted by Gasteiger charge is 2.15. The third kappa shape index (κ3) is 4.17. The summed E-state index contributed by atoms with van der Waals surface area (Å²) in [4.78, 5) is 28.7. The highest BCUT2D eigenvalue weighted by molar-refractivity contribution is 7.99. The van der Waals surface area contributed by atoms with E-state index in [1.54, 1.807) is 6.07 Å². The summed E-state index contributed by atoms with van der Waals surface area (Å²) in [5.41, 5.74) is 8.66. The molecule has 0 saturated carbocycles. The number of carbonyl (C=O) groups is 2. The maximum absolute atomic E-state index is 12.2. The van der Waals surface area contributed by atoms with Crippen molar-refractivity contribution >= 4 is 34.6 Å². The zero-order chi connectivity index (χ0) is 20.2. The van der Waals surface area contributed by atoms with Gasteiger partial charge in [0.25, 0.3) is 0 Å². The van der Waals surface area contributed by atoms with Crippen LogP contribution in [0.15, 0.2) is 76.5 Å². The molecule has 2 heterocycles. The number of hydrogen-bond donors (Lipinski definition) is 2. The first-order valence-corrected chi connectivity index (χ1v) is 9.90. The largest absolute Gasteiger partial charge is 0.459 e. The van der Waals surface area contributed by atoms with Crippen LogP contribution >= 0.6 is 11.8 Å². The van der Waals surface area contributed by atoms with E-state index in [1.807, 2.05) is 60.0 Å². The molecule has 0 saturated heterocycles. The number of imidazole rings is 1. The third-order valence-corrected chi connectivity index (χ3v) is 5.15. The molecule has 0 atom stereocenters. The van der Waals surface area contributed by atoms with Crippen molar-refractivity contribution in [1.29, 1.82) is 0 Å². The lowest BCUT2D eigenvalue weighted by Crippen LogP contribution is -2.42. The van der Waals surface area contributed by atoms with E-state index in [1.165, 1.54) is 29.7 Å². The summed E-state index contributed by atoms with van der Waals surface area (Å²) in [5.74, 6) is -0.648. The molecular formula is C21H18N4O3S. The smallest absolute Gasteiger partial charge is 0.305 e. The molecule has 0 bridgehead atoms. The first-order chi connectivity index (χ1) is 14.1. The summed E-state index contributed by atoms with van der Waals surface area (Å²) < 4.78 is 7.00. The number of furan rings is 1. The van der Waals surface area contributed by atoms with E-state index in [-0.39, 0.29) is 17.4 Å². The van der Waals surface area contributed by atoms with Crippen LogP contribution in [0.25, 0.3) is 16.7 Å². The Balaban J connectivity index is 1.49. The molecule has 2 amide bonds. The van der Waals surface area contributed by atoms with Crippen LogP contribution in [0.5, 0.6) is 0 Å². The van der Waals surface area contributed by atoms with Gasteiger partial charge in [0.1, 0.15) is 0 Å². The predicted molar refractivity (Wildman–Crippen MR) is 111 cm³/mol. The number of nitrogens with one attached hydrogen (secondary N) is 2. The van der Waals surface area contributed by atoms with Crippen LogP contribution in [0.4, 0.5) is 0 Å². The standard InChI is InChI=1S/C21H18N4O3S/c1-14-8-10-15(11-9-14)25-17-6-3-2-5-16(17)22-21(25)29-13-19(26)23-24-20(27)18-7-4-12-28-18/h2-12H,13H2,1H3,(H,23,26)(H,24,27). The van der Waals surface area contributed by atoms with Gasteiger partial charge >= 0.3 is 5.91 Å². The molecule has 29 heavy (non-hydrogen) atoms. The third-order valence-electron chi connectivity index (χ3n) is 4.21. The van der Waals surface area contributed by atoms with Gasteiger partial charge in [0, 0.05) is 5.69 Å². The van der Waals surface area contributed by atoms with Gasteiger partial charge in [-0.25, -0.2) is 4.98 Å². The maximum Gasteiger partial charge on any atom is 0.305 e. The number of hydrazine groups is 1. The number of amides is 2. The maximum atomic E-state index is 12.2. The van der Waals surface area contributed by atoms with Crippen molar-refractivity contribution in [2.45, 2.75) is 12.1 Å². The van der Waals surface area contributed by atoms with Gasteiger partial charge in [-0.15, -0.1) is 0 Å². The Hall–Kier alpha value is -3.52. The minimum absolute atomic E-state index is 0.0909. The molecule has 2 aromatic carbocycles. The fraction of sp³-hybridized carbons (Fsp3) is 0.0952. The van der Waals surface area contributed by atoms with E-state index >= 15 is 0 Å². The highest BCUT2D eigenvalue weighted by Crippen LogP contribution is 2.28. The van der Waals surface area contributed by atoms with Crippen molar-refractivity contribution in [3.8, 4) is 5.69 Å². The van der Waals surface area contributed by atoms with Crippen molar-refractivity contribution in [2.24, 2.45) is 0 Å². The lowest BCUT2D eigenvalue weighted by atomic mass is 10.2. The number of hydrogen-bond acceptors (Lipinski definition) is 5. The van der Waals surface area contributed by atoms with Crippen LogP contribution in [0, 0.1) is 6.92 Å². The molecule has 0 radical (unpaired) electrons. The number of aryl methyl sites for hydroxylation is 1. The van der Waals surface area contributed by atoms with Crippen molar-refractivity contribution in [1.82, 2.24) is 20.4 Å². The Morgan fingerprint density at radius 1 is 1.03 bits per heavy atom. The number of carbonyl (C=O) groups excluding carboxylic acids is 2. The van der Waals surface area contributed by atoms with Gasteiger partial charge in [0.15, 0.2) is 10.9 Å². The van der Waals surface area contributed by atoms with Gasteiger partial charge in [-0.2, -0.15) is 0 Å². The molecule has 146 valence electrons. The average molecular weight is 406 g/mol.